The molecular formula is C27H40N6O2. The van der Waals surface area contributed by atoms with E-state index in [0.29, 0.717) is 35.3 Å². The van der Waals surface area contributed by atoms with Crippen LogP contribution in [-0.4, -0.2) is 60.6 Å². The van der Waals surface area contributed by atoms with Gasteiger partial charge in [0, 0.05) is 25.3 Å². The van der Waals surface area contributed by atoms with E-state index in [0.717, 1.165) is 13.1 Å². The summed E-state index contributed by atoms with van der Waals surface area (Å²) >= 11 is 0. The number of carbonyl (C=O) groups excluding carboxylic acids is 2. The van der Waals surface area contributed by atoms with E-state index in [4.69, 9.17) is 0 Å². The van der Waals surface area contributed by atoms with Crippen molar-refractivity contribution in [1.82, 2.24) is 20.5 Å². The Hall–Kier alpha value is -2.97. The Balaban J connectivity index is 0.000000429. The van der Waals surface area contributed by atoms with Gasteiger partial charge in [-0.2, -0.15) is 0 Å². The van der Waals surface area contributed by atoms with Gasteiger partial charge in [0.2, 0.25) is 0 Å². The molecule has 0 spiro atoms. The number of hydrogen-bond acceptors (Lipinski definition) is 5. The van der Waals surface area contributed by atoms with Gasteiger partial charge in [-0.1, -0.05) is 32.4 Å². The molecule has 190 valence electrons. The third-order valence-corrected chi connectivity index (χ3v) is 6.31. The SMILES string of the molecule is CC1CCCCN1CCNC(=O)N1c2ccccc2C(=O)Nc2cccnc21.CCCNCCC. The van der Waals surface area contributed by atoms with Gasteiger partial charge in [-0.25, -0.2) is 14.7 Å². The second-order valence-corrected chi connectivity index (χ2v) is 9.04. The van der Waals surface area contributed by atoms with Crippen molar-refractivity contribution in [3.8, 4) is 0 Å². The first-order valence-electron chi connectivity index (χ1n) is 12.9. The number of benzene rings is 1. The molecule has 35 heavy (non-hydrogen) atoms. The van der Waals surface area contributed by atoms with E-state index >= 15 is 0 Å². The number of para-hydroxylation sites is 1. The quantitative estimate of drug-likeness (QED) is 0.497. The Morgan fingerprint density at radius 2 is 1.86 bits per heavy atom. The topological polar surface area (TPSA) is 89.6 Å². The third kappa shape index (κ3) is 7.26. The molecule has 0 bridgehead atoms. The molecule has 1 atom stereocenters. The molecule has 2 aromatic rings. The van der Waals surface area contributed by atoms with Crippen molar-refractivity contribution in [2.45, 2.75) is 58.9 Å². The van der Waals surface area contributed by atoms with Crippen molar-refractivity contribution < 1.29 is 9.59 Å². The zero-order valence-electron chi connectivity index (χ0n) is 21.3. The molecule has 0 aliphatic carbocycles. The van der Waals surface area contributed by atoms with Crippen molar-refractivity contribution >= 4 is 29.1 Å². The van der Waals surface area contributed by atoms with Crippen LogP contribution in [0, 0.1) is 0 Å². The van der Waals surface area contributed by atoms with Gasteiger partial charge < -0.3 is 16.0 Å². The highest BCUT2D eigenvalue weighted by Crippen LogP contribution is 2.35. The van der Waals surface area contributed by atoms with Gasteiger partial charge in [0.1, 0.15) is 0 Å². The van der Waals surface area contributed by atoms with E-state index in [1.54, 1.807) is 36.5 Å². The lowest BCUT2D eigenvalue weighted by Crippen LogP contribution is -2.45. The summed E-state index contributed by atoms with van der Waals surface area (Å²) in [4.78, 5) is 34.0. The normalized spacial score (nSPS) is 17.3. The van der Waals surface area contributed by atoms with Crippen molar-refractivity contribution in [2.75, 3.05) is 42.9 Å². The van der Waals surface area contributed by atoms with Crippen molar-refractivity contribution in [3.05, 3.63) is 48.2 Å². The van der Waals surface area contributed by atoms with E-state index < -0.39 is 0 Å². The van der Waals surface area contributed by atoms with Crippen molar-refractivity contribution in [2.24, 2.45) is 0 Å². The zero-order chi connectivity index (χ0) is 25.0. The minimum Gasteiger partial charge on any atom is -0.336 e. The lowest BCUT2D eigenvalue weighted by molar-refractivity contribution is 0.102. The number of carbonyl (C=O) groups is 2. The van der Waals surface area contributed by atoms with Crippen LogP contribution in [0.4, 0.5) is 22.0 Å². The van der Waals surface area contributed by atoms with Crippen molar-refractivity contribution in [3.63, 3.8) is 0 Å². The molecule has 3 amide bonds. The van der Waals surface area contributed by atoms with Gasteiger partial charge in [0.05, 0.1) is 16.9 Å². The minimum absolute atomic E-state index is 0.248. The van der Waals surface area contributed by atoms with E-state index in [-0.39, 0.29) is 11.9 Å². The Labute approximate surface area is 209 Å². The fourth-order valence-corrected chi connectivity index (χ4v) is 4.40. The van der Waals surface area contributed by atoms with E-state index in [1.165, 1.54) is 50.1 Å². The first-order chi connectivity index (χ1) is 17.1. The summed E-state index contributed by atoms with van der Waals surface area (Å²) in [7, 11) is 0. The number of pyridine rings is 1. The first-order valence-corrected chi connectivity index (χ1v) is 12.9. The molecule has 1 fully saturated rings. The van der Waals surface area contributed by atoms with Crippen LogP contribution in [0.3, 0.4) is 0 Å². The molecule has 0 radical (unpaired) electrons. The molecule has 3 N–H and O–H groups in total. The number of nitrogens with one attached hydrogen (secondary N) is 3. The van der Waals surface area contributed by atoms with Crippen LogP contribution in [0.5, 0.6) is 0 Å². The maximum atomic E-state index is 13.1. The lowest BCUT2D eigenvalue weighted by Gasteiger charge is -2.33. The zero-order valence-corrected chi connectivity index (χ0v) is 21.3. The number of hydrogen-bond donors (Lipinski definition) is 3. The number of piperidine rings is 1. The molecule has 8 heteroatoms. The van der Waals surface area contributed by atoms with Gasteiger partial charge in [-0.3, -0.25) is 9.69 Å². The van der Waals surface area contributed by atoms with Gasteiger partial charge in [0.25, 0.3) is 5.91 Å². The monoisotopic (exact) mass is 480 g/mol. The number of rotatable bonds is 7. The average Bonchev–Trinajstić information content (AvgIpc) is 3.00. The summed E-state index contributed by atoms with van der Waals surface area (Å²) in [5, 5.41) is 9.14. The van der Waals surface area contributed by atoms with Crippen LogP contribution >= 0.6 is 0 Å². The Bertz CT molecular complexity index is 962. The van der Waals surface area contributed by atoms with Gasteiger partial charge in [-0.05, 0) is 76.5 Å². The summed E-state index contributed by atoms with van der Waals surface area (Å²) in [5.74, 6) is 0.173. The highest BCUT2D eigenvalue weighted by Gasteiger charge is 2.30. The summed E-state index contributed by atoms with van der Waals surface area (Å²) in [6, 6.07) is 10.8. The van der Waals surface area contributed by atoms with Crippen LogP contribution in [0.15, 0.2) is 42.6 Å². The number of likely N-dealkylation sites (tertiary alicyclic amines) is 1. The molecule has 4 rings (SSSR count). The fraction of sp³-hybridized carbons (Fsp3) is 0.519. The molecule has 1 unspecified atom stereocenters. The minimum atomic E-state index is -0.284. The molecule has 8 nitrogen and oxygen atoms in total. The Morgan fingerprint density at radius 3 is 2.60 bits per heavy atom. The summed E-state index contributed by atoms with van der Waals surface area (Å²) < 4.78 is 0. The largest absolute Gasteiger partial charge is 0.336 e. The Morgan fingerprint density at radius 1 is 1.09 bits per heavy atom. The number of urea groups is 1. The lowest BCUT2D eigenvalue weighted by atomic mass is 10.0. The summed E-state index contributed by atoms with van der Waals surface area (Å²) in [5.41, 5.74) is 1.49. The number of nitrogens with zero attached hydrogens (tertiary/aromatic N) is 3. The van der Waals surface area contributed by atoms with Crippen LogP contribution in [0.2, 0.25) is 0 Å². The number of fused-ring (bicyclic) bond motifs is 2. The molecule has 2 aliphatic heterocycles. The van der Waals surface area contributed by atoms with Crippen molar-refractivity contribution in [1.29, 1.82) is 0 Å². The van der Waals surface area contributed by atoms with E-state index in [2.05, 4.69) is 46.6 Å². The second-order valence-electron chi connectivity index (χ2n) is 9.04. The molecule has 0 saturated carbocycles. The summed E-state index contributed by atoms with van der Waals surface area (Å²) in [6.45, 7) is 11.4. The molecule has 1 aromatic carbocycles. The molecule has 3 heterocycles. The number of aromatic nitrogens is 1. The number of anilines is 3. The predicted octanol–water partition coefficient (Wildman–Crippen LogP) is 4.77. The molecule has 1 aromatic heterocycles. The van der Waals surface area contributed by atoms with Gasteiger partial charge >= 0.3 is 6.03 Å². The van der Waals surface area contributed by atoms with Gasteiger partial charge in [0.15, 0.2) is 5.82 Å². The van der Waals surface area contributed by atoms with Crippen LogP contribution < -0.4 is 20.9 Å². The molecular weight excluding hydrogens is 440 g/mol. The highest BCUT2D eigenvalue weighted by molar-refractivity contribution is 6.16. The van der Waals surface area contributed by atoms with E-state index in [9.17, 15) is 9.59 Å². The first kappa shape index (κ1) is 26.6. The predicted molar refractivity (Wildman–Crippen MR) is 143 cm³/mol. The standard InChI is InChI=1S/C21H25N5O2.C6H15N/c1-15-7-4-5-13-25(15)14-12-23-21(28)26-18-10-3-2-8-16(18)20(27)24-17-9-6-11-22-19(17)26;1-3-5-7-6-4-2/h2-3,6,8-11,15H,4-5,7,12-14H2,1H3,(H,23,28)(H,24,27);7H,3-6H2,1-2H3. The van der Waals surface area contributed by atoms with Crippen LogP contribution in [0.25, 0.3) is 0 Å². The smallest absolute Gasteiger partial charge is 0.327 e. The molecule has 1 saturated heterocycles. The Kier molecular flexibility index (Phi) is 10.5. The second kappa shape index (κ2) is 13.8. The molecule has 2 aliphatic rings. The van der Waals surface area contributed by atoms with Crippen LogP contribution in [0.1, 0.15) is 63.2 Å². The third-order valence-electron chi connectivity index (χ3n) is 6.31. The summed E-state index contributed by atoms with van der Waals surface area (Å²) in [6.07, 6.45) is 7.81. The highest BCUT2D eigenvalue weighted by atomic mass is 16.2. The average molecular weight is 481 g/mol. The van der Waals surface area contributed by atoms with Crippen LogP contribution in [-0.2, 0) is 0 Å². The van der Waals surface area contributed by atoms with E-state index in [1.807, 2.05) is 6.07 Å². The maximum absolute atomic E-state index is 13.1. The fourth-order valence-electron chi connectivity index (χ4n) is 4.40. The van der Waals surface area contributed by atoms with Gasteiger partial charge in [-0.15, -0.1) is 0 Å². The maximum Gasteiger partial charge on any atom is 0.327 e. The number of amides is 3.